The molecule has 0 saturated carbocycles. The molecule has 0 heterocycles. The molecule has 0 spiro atoms. The molecule has 4 N–H and O–H groups in total. The fraction of sp³-hybridized carbons (Fsp3) is 0.133. The number of amides is 1. The molecule has 0 aliphatic heterocycles. The van der Waals surface area contributed by atoms with Gasteiger partial charge in [-0.05, 0) is 30.7 Å². The first kappa shape index (κ1) is 13.9. The van der Waals surface area contributed by atoms with Gasteiger partial charge in [-0.3, -0.25) is 4.79 Å². The molecule has 104 valence electrons. The Hall–Kier alpha value is -2.56. The van der Waals surface area contributed by atoms with Gasteiger partial charge in [-0.15, -0.1) is 0 Å². The van der Waals surface area contributed by atoms with Crippen molar-refractivity contribution in [2.75, 3.05) is 5.32 Å². The van der Waals surface area contributed by atoms with Gasteiger partial charge in [-0.2, -0.15) is 0 Å². The van der Waals surface area contributed by atoms with Crippen LogP contribution in [-0.4, -0.2) is 11.0 Å². The zero-order valence-electron chi connectivity index (χ0n) is 11.0. The Kier molecular flexibility index (Phi) is 3.89. The number of nitrogens with two attached hydrogens (primary N) is 1. The van der Waals surface area contributed by atoms with Crippen molar-refractivity contribution in [1.29, 1.82) is 0 Å². The van der Waals surface area contributed by atoms with Crippen LogP contribution in [0.4, 0.5) is 10.1 Å². The van der Waals surface area contributed by atoms with Crippen LogP contribution in [0.3, 0.4) is 0 Å². The van der Waals surface area contributed by atoms with E-state index in [2.05, 4.69) is 5.32 Å². The number of carbonyl (C=O) groups is 1. The van der Waals surface area contributed by atoms with Crippen LogP contribution in [0.25, 0.3) is 0 Å². The highest BCUT2D eigenvalue weighted by molar-refractivity contribution is 5.94. The number of nitrogens with one attached hydrogen (secondary N) is 1. The number of aromatic hydroxyl groups is 1. The van der Waals surface area contributed by atoms with E-state index in [9.17, 15) is 14.3 Å². The quantitative estimate of drug-likeness (QED) is 0.802. The number of benzene rings is 2. The number of carbonyl (C=O) groups excluding carboxylic acids is 1. The Balaban J connectivity index is 2.17. The maximum Gasteiger partial charge on any atom is 0.251 e. The number of para-hydroxylation sites is 1. The zero-order valence-corrected chi connectivity index (χ0v) is 11.0. The minimum atomic E-state index is -0.815. The number of aryl methyl sites for hydroxylation is 1. The number of halogens is 1. The molecule has 4 nitrogen and oxygen atoms in total. The van der Waals surface area contributed by atoms with Crippen LogP contribution in [0.1, 0.15) is 21.5 Å². The average Bonchev–Trinajstić information content (AvgIpc) is 2.41. The van der Waals surface area contributed by atoms with Crippen LogP contribution >= 0.6 is 0 Å². The molecule has 0 saturated heterocycles. The second kappa shape index (κ2) is 5.61. The minimum absolute atomic E-state index is 0.163. The second-order valence-corrected chi connectivity index (χ2v) is 4.50. The molecule has 0 aliphatic carbocycles. The van der Waals surface area contributed by atoms with Crippen LogP contribution in [0.15, 0.2) is 36.4 Å². The molecule has 2 aromatic rings. The molecule has 0 fully saturated rings. The predicted molar refractivity (Wildman–Crippen MR) is 75.1 cm³/mol. The van der Waals surface area contributed by atoms with E-state index in [-0.39, 0.29) is 11.3 Å². The van der Waals surface area contributed by atoms with Gasteiger partial charge in [0, 0.05) is 17.8 Å². The summed E-state index contributed by atoms with van der Waals surface area (Å²) in [5, 5.41) is 12.9. The summed E-state index contributed by atoms with van der Waals surface area (Å²) in [4.78, 5) is 11.1. The van der Waals surface area contributed by atoms with Gasteiger partial charge in [0.2, 0.25) is 0 Å². The van der Waals surface area contributed by atoms with E-state index in [0.29, 0.717) is 12.2 Å². The lowest BCUT2D eigenvalue weighted by Crippen LogP contribution is -2.13. The number of rotatable bonds is 4. The SMILES string of the molecule is Cc1cccc(CNc2ccc(F)c(C(N)=O)c2)c1O. The topological polar surface area (TPSA) is 75.3 Å². The maximum atomic E-state index is 13.3. The Bertz CT molecular complexity index is 656. The van der Waals surface area contributed by atoms with E-state index < -0.39 is 11.7 Å². The monoisotopic (exact) mass is 274 g/mol. The number of primary amides is 1. The standard InChI is InChI=1S/C15H15FN2O2/c1-9-3-2-4-10(14(9)19)8-18-11-5-6-13(16)12(7-11)15(17)20/h2-7,18-19H,8H2,1H3,(H2,17,20). The number of anilines is 1. The predicted octanol–water partition coefficient (Wildman–Crippen LogP) is 2.55. The maximum absolute atomic E-state index is 13.3. The van der Waals surface area contributed by atoms with Crippen LogP contribution in [0, 0.1) is 12.7 Å². The molecular weight excluding hydrogens is 259 g/mol. The van der Waals surface area contributed by atoms with Crippen LogP contribution in [-0.2, 0) is 6.54 Å². The molecule has 5 heteroatoms. The summed E-state index contributed by atoms with van der Waals surface area (Å²) in [6, 6.07) is 9.47. The molecule has 0 aromatic heterocycles. The molecule has 0 atom stereocenters. The normalized spacial score (nSPS) is 10.3. The molecule has 0 radical (unpaired) electrons. The third kappa shape index (κ3) is 2.88. The summed E-state index contributed by atoms with van der Waals surface area (Å²) in [5.41, 5.74) is 6.98. The van der Waals surface area contributed by atoms with Gasteiger partial charge in [0.1, 0.15) is 11.6 Å². The molecule has 2 rings (SSSR count). The van der Waals surface area contributed by atoms with Crippen LogP contribution in [0.5, 0.6) is 5.75 Å². The fourth-order valence-corrected chi connectivity index (χ4v) is 1.88. The van der Waals surface area contributed by atoms with Crippen molar-refractivity contribution >= 4 is 11.6 Å². The third-order valence-electron chi connectivity index (χ3n) is 3.04. The zero-order chi connectivity index (χ0) is 14.7. The van der Waals surface area contributed by atoms with Crippen molar-refractivity contribution in [2.45, 2.75) is 13.5 Å². The van der Waals surface area contributed by atoms with E-state index in [1.54, 1.807) is 6.07 Å². The van der Waals surface area contributed by atoms with E-state index in [4.69, 9.17) is 5.73 Å². The molecule has 20 heavy (non-hydrogen) atoms. The lowest BCUT2D eigenvalue weighted by Gasteiger charge is -2.10. The lowest BCUT2D eigenvalue weighted by molar-refractivity contribution is 0.0996. The molecule has 0 bridgehead atoms. The lowest BCUT2D eigenvalue weighted by atomic mass is 10.1. The summed E-state index contributed by atoms with van der Waals surface area (Å²) in [7, 11) is 0. The van der Waals surface area contributed by atoms with Crippen molar-refractivity contribution in [2.24, 2.45) is 5.73 Å². The number of phenols is 1. The molecule has 0 unspecified atom stereocenters. The Morgan fingerprint density at radius 2 is 2.10 bits per heavy atom. The summed E-state index contributed by atoms with van der Waals surface area (Å²) < 4.78 is 13.3. The highest BCUT2D eigenvalue weighted by atomic mass is 19.1. The molecule has 2 aromatic carbocycles. The van der Waals surface area contributed by atoms with Crippen molar-refractivity contribution in [3.63, 3.8) is 0 Å². The van der Waals surface area contributed by atoms with Crippen LogP contribution < -0.4 is 11.1 Å². The molecular formula is C15H15FN2O2. The summed E-state index contributed by atoms with van der Waals surface area (Å²) >= 11 is 0. The number of hydrogen-bond acceptors (Lipinski definition) is 3. The van der Waals surface area contributed by atoms with E-state index in [0.717, 1.165) is 11.1 Å². The number of hydrogen-bond donors (Lipinski definition) is 3. The van der Waals surface area contributed by atoms with Crippen molar-refractivity contribution in [3.05, 3.63) is 58.9 Å². The van der Waals surface area contributed by atoms with E-state index in [1.807, 2.05) is 19.1 Å². The summed E-state index contributed by atoms with van der Waals surface area (Å²) in [6.07, 6.45) is 0. The van der Waals surface area contributed by atoms with Gasteiger partial charge in [0.25, 0.3) is 5.91 Å². The number of phenolic OH excluding ortho intramolecular Hbond substituents is 1. The minimum Gasteiger partial charge on any atom is -0.507 e. The first-order chi connectivity index (χ1) is 9.49. The van der Waals surface area contributed by atoms with Gasteiger partial charge in [-0.25, -0.2) is 4.39 Å². The summed E-state index contributed by atoms with van der Waals surface area (Å²) in [6.45, 7) is 2.17. The Morgan fingerprint density at radius 1 is 1.35 bits per heavy atom. The Morgan fingerprint density at radius 3 is 2.80 bits per heavy atom. The van der Waals surface area contributed by atoms with Gasteiger partial charge in [-0.1, -0.05) is 18.2 Å². The first-order valence-corrected chi connectivity index (χ1v) is 6.09. The summed E-state index contributed by atoms with van der Waals surface area (Å²) in [5.74, 6) is -1.25. The largest absolute Gasteiger partial charge is 0.507 e. The molecule has 0 aliphatic rings. The highest BCUT2D eigenvalue weighted by Gasteiger charge is 2.09. The van der Waals surface area contributed by atoms with Gasteiger partial charge < -0.3 is 16.2 Å². The van der Waals surface area contributed by atoms with Crippen molar-refractivity contribution in [3.8, 4) is 5.75 Å². The van der Waals surface area contributed by atoms with Gasteiger partial charge in [0.15, 0.2) is 0 Å². The van der Waals surface area contributed by atoms with E-state index in [1.165, 1.54) is 18.2 Å². The van der Waals surface area contributed by atoms with Gasteiger partial charge in [0.05, 0.1) is 5.56 Å². The molecule has 1 amide bonds. The van der Waals surface area contributed by atoms with Gasteiger partial charge >= 0.3 is 0 Å². The van der Waals surface area contributed by atoms with Crippen molar-refractivity contribution < 1.29 is 14.3 Å². The fourth-order valence-electron chi connectivity index (χ4n) is 1.88. The smallest absolute Gasteiger partial charge is 0.251 e. The first-order valence-electron chi connectivity index (χ1n) is 6.09. The van der Waals surface area contributed by atoms with Crippen molar-refractivity contribution in [1.82, 2.24) is 0 Å². The average molecular weight is 274 g/mol. The Labute approximate surface area is 116 Å². The second-order valence-electron chi connectivity index (χ2n) is 4.50. The third-order valence-corrected chi connectivity index (χ3v) is 3.04. The van der Waals surface area contributed by atoms with Crippen LogP contribution in [0.2, 0.25) is 0 Å². The highest BCUT2D eigenvalue weighted by Crippen LogP contribution is 2.23. The van der Waals surface area contributed by atoms with E-state index >= 15 is 0 Å².